The van der Waals surface area contributed by atoms with Gasteiger partial charge in [-0.3, -0.25) is 0 Å². The second-order valence-corrected chi connectivity index (χ2v) is 9.88. The minimum atomic E-state index is -0.865. The van der Waals surface area contributed by atoms with Crippen molar-refractivity contribution in [3.63, 3.8) is 0 Å². The van der Waals surface area contributed by atoms with Crippen LogP contribution in [0, 0.1) is 22.7 Å². The number of aliphatic hydroxyl groups excluding tert-OH is 1. The van der Waals surface area contributed by atoms with E-state index in [-0.39, 0.29) is 22.9 Å². The van der Waals surface area contributed by atoms with E-state index in [0.29, 0.717) is 5.92 Å². The zero-order valence-corrected chi connectivity index (χ0v) is 15.7. The average Bonchev–Trinajstić information content (AvgIpc) is 2.72. The van der Waals surface area contributed by atoms with Crippen molar-refractivity contribution < 1.29 is 19.7 Å². The molecule has 0 unspecified atom stereocenters. The Kier molecular flexibility index (Phi) is 3.73. The van der Waals surface area contributed by atoms with E-state index in [2.05, 4.69) is 13.8 Å². The normalized spacial score (nSPS) is 56.8. The number of hydrogen-bond donors (Lipinski definition) is 2. The first-order valence-corrected chi connectivity index (χ1v) is 9.84. The van der Waals surface area contributed by atoms with E-state index in [1.165, 1.54) is 0 Å². The van der Waals surface area contributed by atoms with Crippen molar-refractivity contribution in [3.8, 4) is 0 Å². The van der Waals surface area contributed by atoms with Crippen LogP contribution in [0.25, 0.3) is 0 Å². The highest BCUT2D eigenvalue weighted by Gasteiger charge is 2.66. The molecular formula is C20H34O4. The predicted molar refractivity (Wildman–Crippen MR) is 91.4 cm³/mol. The lowest BCUT2D eigenvalue weighted by molar-refractivity contribution is -0.264. The topological polar surface area (TPSA) is 58.9 Å². The van der Waals surface area contributed by atoms with Crippen LogP contribution >= 0.6 is 0 Å². The summed E-state index contributed by atoms with van der Waals surface area (Å²) in [7, 11) is 0. The maximum absolute atomic E-state index is 11.2. The summed E-state index contributed by atoms with van der Waals surface area (Å²) in [6.45, 7) is 9.56. The largest absolute Gasteiger partial charge is 0.390 e. The Bertz CT molecular complexity index is 520. The van der Waals surface area contributed by atoms with Crippen molar-refractivity contribution in [2.75, 3.05) is 6.61 Å². The monoisotopic (exact) mass is 338 g/mol. The van der Waals surface area contributed by atoms with Crippen LogP contribution in [0.15, 0.2) is 0 Å². The Morgan fingerprint density at radius 2 is 1.58 bits per heavy atom. The summed E-state index contributed by atoms with van der Waals surface area (Å²) in [5.41, 5.74) is -0.682. The molecule has 3 saturated carbocycles. The second kappa shape index (κ2) is 5.18. The van der Waals surface area contributed by atoms with Crippen molar-refractivity contribution in [2.45, 2.75) is 96.2 Å². The van der Waals surface area contributed by atoms with E-state index >= 15 is 0 Å². The Balaban J connectivity index is 1.69. The highest BCUT2D eigenvalue weighted by atomic mass is 16.7. The number of ether oxygens (including phenoxy) is 2. The molecule has 4 fully saturated rings. The third-order valence-corrected chi connectivity index (χ3v) is 8.33. The lowest BCUT2D eigenvalue weighted by atomic mass is 9.44. The number of fused-ring (bicyclic) bond motifs is 5. The molecule has 4 rings (SSSR count). The average molecular weight is 338 g/mol. The minimum absolute atomic E-state index is 0.0908. The van der Waals surface area contributed by atoms with Gasteiger partial charge in [-0.15, -0.1) is 0 Å². The van der Waals surface area contributed by atoms with Crippen LogP contribution in [0.3, 0.4) is 0 Å². The molecule has 0 aromatic rings. The first-order valence-electron chi connectivity index (χ1n) is 9.84. The molecule has 3 aliphatic carbocycles. The molecule has 0 radical (unpaired) electrons. The van der Waals surface area contributed by atoms with Gasteiger partial charge in [-0.05, 0) is 81.5 Å². The Morgan fingerprint density at radius 3 is 2.33 bits per heavy atom. The van der Waals surface area contributed by atoms with E-state index in [0.717, 1.165) is 51.6 Å². The van der Waals surface area contributed by atoms with Gasteiger partial charge < -0.3 is 19.7 Å². The lowest BCUT2D eigenvalue weighted by Crippen LogP contribution is -2.63. The van der Waals surface area contributed by atoms with Gasteiger partial charge in [0.05, 0.1) is 24.4 Å². The Labute approximate surface area is 145 Å². The number of rotatable bonds is 0. The molecule has 2 N–H and O–H groups in total. The first kappa shape index (κ1) is 17.3. The number of hydrogen-bond acceptors (Lipinski definition) is 4. The van der Waals surface area contributed by atoms with E-state index in [1.807, 2.05) is 13.8 Å². The minimum Gasteiger partial charge on any atom is -0.390 e. The van der Waals surface area contributed by atoms with E-state index in [9.17, 15) is 10.2 Å². The fourth-order valence-electron chi connectivity index (χ4n) is 7.10. The standard InChI is InChI=1S/C20H34O4/c1-17(2)23-12-11-19(4)13-7-10-20(22)14(5-6-15(20)21)18(13,3)9-8-16(19)24-17/h13-16,21-22H,5-12H2,1-4H3/t13-,14-,15-,16-,18+,19+,20+/m0/s1. The molecule has 138 valence electrons. The first-order chi connectivity index (χ1) is 11.1. The van der Waals surface area contributed by atoms with Gasteiger partial charge in [-0.1, -0.05) is 13.8 Å². The molecular weight excluding hydrogens is 304 g/mol. The van der Waals surface area contributed by atoms with E-state index < -0.39 is 17.5 Å². The van der Waals surface area contributed by atoms with Crippen molar-refractivity contribution in [2.24, 2.45) is 22.7 Å². The summed E-state index contributed by atoms with van der Waals surface area (Å²) in [5, 5.41) is 21.6. The lowest BCUT2D eigenvalue weighted by Gasteiger charge is -2.63. The van der Waals surface area contributed by atoms with Crippen LogP contribution in [0.4, 0.5) is 0 Å². The summed E-state index contributed by atoms with van der Waals surface area (Å²) in [6, 6.07) is 0. The maximum atomic E-state index is 11.2. The molecule has 4 heteroatoms. The molecule has 1 saturated heterocycles. The van der Waals surface area contributed by atoms with Gasteiger partial charge >= 0.3 is 0 Å². The van der Waals surface area contributed by atoms with Gasteiger partial charge in [-0.2, -0.15) is 0 Å². The summed E-state index contributed by atoms with van der Waals surface area (Å²) >= 11 is 0. The van der Waals surface area contributed by atoms with Gasteiger partial charge in [-0.25, -0.2) is 0 Å². The quantitative estimate of drug-likeness (QED) is 0.712. The van der Waals surface area contributed by atoms with Gasteiger partial charge in [0.1, 0.15) is 0 Å². The molecule has 24 heavy (non-hydrogen) atoms. The fraction of sp³-hybridized carbons (Fsp3) is 1.00. The summed E-state index contributed by atoms with van der Waals surface area (Å²) < 4.78 is 12.4. The molecule has 0 aromatic carbocycles. The Hall–Kier alpha value is -0.160. The van der Waals surface area contributed by atoms with Crippen molar-refractivity contribution >= 4 is 0 Å². The van der Waals surface area contributed by atoms with Gasteiger partial charge in [0, 0.05) is 0 Å². The molecule has 7 atom stereocenters. The summed E-state index contributed by atoms with van der Waals surface area (Å²) in [5.74, 6) is 0.236. The molecule has 0 bridgehead atoms. The summed E-state index contributed by atoms with van der Waals surface area (Å²) in [4.78, 5) is 0. The SMILES string of the molecule is CC1(C)OCC[C@]2(C)[C@H]3CC[C@]4(O)[C@@H](O)CC[C@H]4[C@]3(C)CC[C@@H]2O1. The van der Waals surface area contributed by atoms with Gasteiger partial charge in [0.15, 0.2) is 5.79 Å². The van der Waals surface area contributed by atoms with Gasteiger partial charge in [0.25, 0.3) is 0 Å². The smallest absolute Gasteiger partial charge is 0.163 e. The molecule has 4 nitrogen and oxygen atoms in total. The maximum Gasteiger partial charge on any atom is 0.163 e. The van der Waals surface area contributed by atoms with Crippen LogP contribution in [-0.4, -0.2) is 40.4 Å². The van der Waals surface area contributed by atoms with Crippen molar-refractivity contribution in [1.82, 2.24) is 0 Å². The van der Waals surface area contributed by atoms with Crippen molar-refractivity contribution in [1.29, 1.82) is 0 Å². The van der Waals surface area contributed by atoms with Crippen LogP contribution in [-0.2, 0) is 9.47 Å². The molecule has 0 spiro atoms. The van der Waals surface area contributed by atoms with Crippen LogP contribution in [0.2, 0.25) is 0 Å². The zero-order chi connectivity index (χ0) is 17.4. The molecule has 0 aromatic heterocycles. The van der Waals surface area contributed by atoms with Crippen LogP contribution < -0.4 is 0 Å². The number of aliphatic hydroxyl groups is 2. The summed E-state index contributed by atoms with van der Waals surface area (Å²) in [6.07, 6.45) is 6.22. The highest BCUT2D eigenvalue weighted by Crippen LogP contribution is 2.67. The second-order valence-electron chi connectivity index (χ2n) is 9.88. The third kappa shape index (κ3) is 2.19. The zero-order valence-electron chi connectivity index (χ0n) is 15.7. The third-order valence-electron chi connectivity index (χ3n) is 8.33. The van der Waals surface area contributed by atoms with Crippen molar-refractivity contribution in [3.05, 3.63) is 0 Å². The highest BCUT2D eigenvalue weighted by molar-refractivity contribution is 5.15. The van der Waals surface area contributed by atoms with Crippen LogP contribution in [0.5, 0.6) is 0 Å². The van der Waals surface area contributed by atoms with Crippen LogP contribution in [0.1, 0.15) is 72.6 Å². The Morgan fingerprint density at radius 1 is 0.833 bits per heavy atom. The fourth-order valence-corrected chi connectivity index (χ4v) is 7.10. The molecule has 1 heterocycles. The molecule has 4 aliphatic rings. The molecule has 0 amide bonds. The van der Waals surface area contributed by atoms with Gasteiger partial charge in [0.2, 0.25) is 0 Å². The predicted octanol–water partition coefficient (Wildman–Crippen LogP) is 3.25. The molecule has 1 aliphatic heterocycles. The van der Waals surface area contributed by atoms with E-state index in [4.69, 9.17) is 9.47 Å². The van der Waals surface area contributed by atoms with E-state index in [1.54, 1.807) is 0 Å².